The van der Waals surface area contributed by atoms with Crippen LogP contribution in [-0.2, 0) is 11.2 Å². The minimum atomic E-state index is 0.411. The molecule has 0 bridgehead atoms. The number of Topliss-reactive ketones (excluding diaryl/α,β-unsaturated/α-hetero) is 1. The number of thioether (sulfide) groups is 1. The summed E-state index contributed by atoms with van der Waals surface area (Å²) in [4.78, 5) is 13.4. The highest BCUT2D eigenvalue weighted by molar-refractivity contribution is 9.10. The molecule has 1 unspecified atom stereocenters. The molecule has 1 aliphatic rings. The number of hydrogen-bond acceptors (Lipinski definition) is 3. The summed E-state index contributed by atoms with van der Waals surface area (Å²) in [5.74, 6) is 2.84. The first-order chi connectivity index (χ1) is 11.1. The van der Waals surface area contributed by atoms with Gasteiger partial charge in [0.25, 0.3) is 0 Å². The van der Waals surface area contributed by atoms with Gasteiger partial charge in [0.1, 0.15) is 11.5 Å². The first kappa shape index (κ1) is 18.9. The summed E-state index contributed by atoms with van der Waals surface area (Å²) in [6.07, 6.45) is 7.18. The zero-order chi connectivity index (χ0) is 16.7. The molecule has 2 nitrogen and oxygen atoms in total. The Kier molecular flexibility index (Phi) is 7.97. The van der Waals surface area contributed by atoms with Gasteiger partial charge in [0.05, 0.1) is 6.61 Å². The summed E-state index contributed by atoms with van der Waals surface area (Å²) in [6, 6.07) is 4.27. The van der Waals surface area contributed by atoms with E-state index in [4.69, 9.17) is 4.74 Å². The Morgan fingerprint density at radius 2 is 2.22 bits per heavy atom. The molecule has 128 valence electrons. The number of unbranched alkanes of at least 4 members (excludes halogenated alkanes) is 1. The second-order valence-electron chi connectivity index (χ2n) is 6.25. The number of hydrogen-bond donors (Lipinski definition) is 0. The molecular weight excluding hydrogens is 372 g/mol. The largest absolute Gasteiger partial charge is 0.493 e. The van der Waals surface area contributed by atoms with Crippen LogP contribution < -0.4 is 4.74 Å². The summed E-state index contributed by atoms with van der Waals surface area (Å²) in [5, 5.41) is 0. The van der Waals surface area contributed by atoms with Crippen LogP contribution in [0, 0.1) is 5.92 Å². The highest BCUT2D eigenvalue weighted by atomic mass is 79.9. The minimum Gasteiger partial charge on any atom is -0.493 e. The van der Waals surface area contributed by atoms with Crippen molar-refractivity contribution in [3.05, 3.63) is 22.2 Å². The first-order valence-corrected chi connectivity index (χ1v) is 10.5. The van der Waals surface area contributed by atoms with Crippen LogP contribution in [0.2, 0.25) is 0 Å². The fourth-order valence-electron chi connectivity index (χ4n) is 2.93. The Hall–Kier alpha value is -0.480. The highest BCUT2D eigenvalue weighted by Crippen LogP contribution is 2.36. The zero-order valence-corrected chi connectivity index (χ0v) is 16.6. The minimum absolute atomic E-state index is 0.411. The Labute approximate surface area is 152 Å². The molecule has 1 aromatic carbocycles. The molecule has 1 heterocycles. The average Bonchev–Trinajstić information content (AvgIpc) is 2.98. The maximum atomic E-state index is 12.2. The lowest BCUT2D eigenvalue weighted by molar-refractivity contribution is -0.119. The van der Waals surface area contributed by atoms with Gasteiger partial charge in [0.15, 0.2) is 0 Å². The van der Waals surface area contributed by atoms with Crippen molar-refractivity contribution in [3.63, 3.8) is 0 Å². The molecule has 0 saturated carbocycles. The van der Waals surface area contributed by atoms with E-state index in [0.29, 0.717) is 18.1 Å². The molecule has 2 rings (SSSR count). The summed E-state index contributed by atoms with van der Waals surface area (Å²) >= 11 is 5.38. The topological polar surface area (TPSA) is 26.3 Å². The van der Waals surface area contributed by atoms with E-state index in [1.807, 2.05) is 0 Å². The molecule has 0 aliphatic carbocycles. The van der Waals surface area contributed by atoms with Gasteiger partial charge >= 0.3 is 0 Å². The van der Waals surface area contributed by atoms with Crippen LogP contribution in [0.1, 0.15) is 57.9 Å². The lowest BCUT2D eigenvalue weighted by Gasteiger charge is -2.13. The van der Waals surface area contributed by atoms with Crippen molar-refractivity contribution in [3.8, 4) is 5.75 Å². The molecule has 0 aromatic heterocycles. The molecule has 0 radical (unpaired) electrons. The van der Waals surface area contributed by atoms with Crippen molar-refractivity contribution >= 4 is 33.5 Å². The maximum absolute atomic E-state index is 12.2. The third-order valence-corrected chi connectivity index (χ3v) is 6.42. The summed E-state index contributed by atoms with van der Waals surface area (Å²) < 4.78 is 6.74. The van der Waals surface area contributed by atoms with E-state index in [0.717, 1.165) is 41.8 Å². The number of carbonyl (C=O) groups excluding carboxylic acids is 1. The summed E-state index contributed by atoms with van der Waals surface area (Å²) in [7, 11) is 0. The Bertz CT molecular complexity index is 530. The third-order valence-electron chi connectivity index (χ3n) is 4.44. The van der Waals surface area contributed by atoms with Crippen LogP contribution in [0.25, 0.3) is 0 Å². The van der Waals surface area contributed by atoms with Crippen molar-refractivity contribution in [1.29, 1.82) is 0 Å². The second kappa shape index (κ2) is 9.73. The van der Waals surface area contributed by atoms with Gasteiger partial charge in [0.2, 0.25) is 0 Å². The monoisotopic (exact) mass is 398 g/mol. The number of ether oxygens (including phenoxy) is 1. The van der Waals surface area contributed by atoms with Crippen LogP contribution in [0.15, 0.2) is 21.5 Å². The van der Waals surface area contributed by atoms with Gasteiger partial charge < -0.3 is 4.74 Å². The van der Waals surface area contributed by atoms with Crippen molar-refractivity contribution < 1.29 is 9.53 Å². The third kappa shape index (κ3) is 5.82. The van der Waals surface area contributed by atoms with Gasteiger partial charge in [-0.2, -0.15) is 0 Å². The quantitative estimate of drug-likeness (QED) is 0.449. The lowest BCUT2D eigenvalue weighted by Crippen LogP contribution is -2.08. The van der Waals surface area contributed by atoms with Gasteiger partial charge in [-0.25, -0.2) is 0 Å². The van der Waals surface area contributed by atoms with E-state index >= 15 is 0 Å². The predicted molar refractivity (Wildman–Crippen MR) is 102 cm³/mol. The lowest BCUT2D eigenvalue weighted by atomic mass is 9.93. The molecule has 23 heavy (non-hydrogen) atoms. The van der Waals surface area contributed by atoms with E-state index in [2.05, 4.69) is 41.9 Å². The molecule has 0 N–H and O–H groups in total. The average molecular weight is 399 g/mol. The standard InChI is InChI=1S/C19H27BrO2S/c1-3-5-6-14(4-2)11-16(21)8-10-23-19-13-18-15(7-9-22-18)12-17(19)20/h12-14H,3-11H2,1-2H3. The Morgan fingerprint density at radius 3 is 2.96 bits per heavy atom. The van der Waals surface area contributed by atoms with E-state index in [1.54, 1.807) is 11.8 Å². The number of fused-ring (bicyclic) bond motifs is 1. The molecule has 0 saturated heterocycles. The SMILES string of the molecule is CCCCC(CC)CC(=O)CCSc1cc2c(cc1Br)CCO2. The molecular formula is C19H27BrO2S. The van der Waals surface area contributed by atoms with Crippen molar-refractivity contribution in [2.24, 2.45) is 5.92 Å². The molecule has 0 fully saturated rings. The number of ketones is 1. The molecule has 1 aromatic rings. The molecule has 1 atom stereocenters. The molecule has 1 aliphatic heterocycles. The number of benzene rings is 1. The Balaban J connectivity index is 1.77. The number of halogens is 1. The van der Waals surface area contributed by atoms with Crippen LogP contribution in [-0.4, -0.2) is 18.1 Å². The first-order valence-electron chi connectivity index (χ1n) is 8.73. The van der Waals surface area contributed by atoms with E-state index < -0.39 is 0 Å². The second-order valence-corrected chi connectivity index (χ2v) is 8.24. The normalized spacial score (nSPS) is 14.4. The van der Waals surface area contributed by atoms with E-state index in [9.17, 15) is 4.79 Å². The molecule has 0 amide bonds. The fourth-order valence-corrected chi connectivity index (χ4v) is 4.60. The van der Waals surface area contributed by atoms with Gasteiger partial charge in [-0.05, 0) is 39.5 Å². The van der Waals surface area contributed by atoms with Gasteiger partial charge in [0, 0.05) is 34.4 Å². The zero-order valence-electron chi connectivity index (χ0n) is 14.2. The Morgan fingerprint density at radius 1 is 1.39 bits per heavy atom. The maximum Gasteiger partial charge on any atom is 0.134 e. The van der Waals surface area contributed by atoms with Crippen molar-refractivity contribution in [2.45, 2.75) is 63.7 Å². The summed E-state index contributed by atoms with van der Waals surface area (Å²) in [6.45, 7) is 5.19. The predicted octanol–water partition coefficient (Wildman–Crippen LogP) is 6.04. The van der Waals surface area contributed by atoms with Crippen LogP contribution in [0.3, 0.4) is 0 Å². The van der Waals surface area contributed by atoms with Gasteiger partial charge in [-0.1, -0.05) is 39.5 Å². The van der Waals surface area contributed by atoms with E-state index in [-0.39, 0.29) is 0 Å². The van der Waals surface area contributed by atoms with Crippen LogP contribution in [0.5, 0.6) is 5.75 Å². The fraction of sp³-hybridized carbons (Fsp3) is 0.632. The van der Waals surface area contributed by atoms with E-state index in [1.165, 1.54) is 29.7 Å². The van der Waals surface area contributed by atoms with Gasteiger partial charge in [-0.15, -0.1) is 11.8 Å². The molecule has 0 spiro atoms. The smallest absolute Gasteiger partial charge is 0.134 e. The number of carbonyl (C=O) groups is 1. The highest BCUT2D eigenvalue weighted by Gasteiger charge is 2.16. The van der Waals surface area contributed by atoms with Crippen molar-refractivity contribution in [2.75, 3.05) is 12.4 Å². The number of rotatable bonds is 10. The van der Waals surface area contributed by atoms with Crippen molar-refractivity contribution in [1.82, 2.24) is 0 Å². The molecule has 4 heteroatoms. The van der Waals surface area contributed by atoms with Crippen LogP contribution in [0.4, 0.5) is 0 Å². The van der Waals surface area contributed by atoms with Crippen LogP contribution >= 0.6 is 27.7 Å². The summed E-state index contributed by atoms with van der Waals surface area (Å²) in [5.41, 5.74) is 1.28. The van der Waals surface area contributed by atoms with Gasteiger partial charge in [-0.3, -0.25) is 4.79 Å².